The van der Waals surface area contributed by atoms with Crippen molar-refractivity contribution in [3.05, 3.63) is 119 Å². The van der Waals surface area contributed by atoms with Gasteiger partial charge in [0.1, 0.15) is 17.3 Å². The van der Waals surface area contributed by atoms with Gasteiger partial charge in [-0.3, -0.25) is 14.5 Å². The van der Waals surface area contributed by atoms with E-state index >= 15 is 0 Å². The van der Waals surface area contributed by atoms with Gasteiger partial charge in [-0.15, -0.1) is 0 Å². The fourth-order valence-corrected chi connectivity index (χ4v) is 4.79. The van der Waals surface area contributed by atoms with E-state index in [2.05, 4.69) is 5.32 Å². The molecule has 4 aromatic rings. The molecule has 1 fully saturated rings. The van der Waals surface area contributed by atoms with E-state index in [1.165, 1.54) is 19.1 Å². The van der Waals surface area contributed by atoms with Crippen LogP contribution in [-0.2, 0) is 9.59 Å². The predicted molar refractivity (Wildman–Crippen MR) is 152 cm³/mol. The van der Waals surface area contributed by atoms with Gasteiger partial charge in [0.15, 0.2) is 0 Å². The van der Waals surface area contributed by atoms with Crippen LogP contribution in [0.25, 0.3) is 5.76 Å². The standard InChI is InChI=1S/C32H28N2O5/c1-20-8-7-9-21(18-20)29-28(30(35)26-17-16-25(38-2)19-27(26)39-3)31(36)32(37)34(29)24-14-12-23(13-15-24)33-22-10-5-4-6-11-22/h4-19,29,33,35H,1-3H3/b30-28-. The first-order chi connectivity index (χ1) is 18.9. The zero-order valence-electron chi connectivity index (χ0n) is 21.8. The zero-order valence-corrected chi connectivity index (χ0v) is 21.8. The highest BCUT2D eigenvalue weighted by Gasteiger charge is 2.47. The molecular weight excluding hydrogens is 492 g/mol. The third-order valence-electron chi connectivity index (χ3n) is 6.67. The molecule has 39 heavy (non-hydrogen) atoms. The van der Waals surface area contributed by atoms with Crippen molar-refractivity contribution >= 4 is 34.5 Å². The van der Waals surface area contributed by atoms with Crippen molar-refractivity contribution in [2.24, 2.45) is 0 Å². The number of Topliss-reactive ketones (excluding diaryl/α,β-unsaturated/α-hetero) is 1. The number of methoxy groups -OCH3 is 2. The number of ether oxygens (including phenoxy) is 2. The topological polar surface area (TPSA) is 88.1 Å². The number of nitrogens with zero attached hydrogens (tertiary/aromatic N) is 1. The number of aliphatic hydroxyl groups excluding tert-OH is 1. The number of para-hydroxylation sites is 1. The molecule has 1 saturated heterocycles. The lowest BCUT2D eigenvalue weighted by Crippen LogP contribution is -2.29. The number of nitrogens with one attached hydrogen (secondary N) is 1. The van der Waals surface area contributed by atoms with Crippen LogP contribution in [0.2, 0.25) is 0 Å². The van der Waals surface area contributed by atoms with Gasteiger partial charge >= 0.3 is 0 Å². The second-order valence-electron chi connectivity index (χ2n) is 9.19. The smallest absolute Gasteiger partial charge is 0.300 e. The molecule has 1 heterocycles. The van der Waals surface area contributed by atoms with Crippen molar-refractivity contribution in [1.29, 1.82) is 0 Å². The minimum atomic E-state index is -0.843. The lowest BCUT2D eigenvalue weighted by atomic mass is 9.94. The Bertz CT molecular complexity index is 1560. The number of rotatable bonds is 7. The van der Waals surface area contributed by atoms with Crippen molar-refractivity contribution in [3.63, 3.8) is 0 Å². The Hall–Kier alpha value is -5.04. The molecule has 1 aliphatic heterocycles. The normalized spacial score (nSPS) is 16.3. The Kier molecular flexibility index (Phi) is 7.06. The molecule has 1 amide bonds. The molecule has 4 aromatic carbocycles. The van der Waals surface area contributed by atoms with Gasteiger partial charge in [0.05, 0.1) is 31.4 Å². The van der Waals surface area contributed by atoms with Gasteiger partial charge in [-0.2, -0.15) is 0 Å². The second-order valence-corrected chi connectivity index (χ2v) is 9.19. The minimum absolute atomic E-state index is 0.0134. The Morgan fingerprint density at radius 3 is 2.21 bits per heavy atom. The molecular formula is C32H28N2O5. The van der Waals surface area contributed by atoms with Gasteiger partial charge < -0.3 is 19.9 Å². The molecule has 1 unspecified atom stereocenters. The molecule has 0 spiro atoms. The summed E-state index contributed by atoms with van der Waals surface area (Å²) in [5.41, 5.74) is 4.23. The summed E-state index contributed by atoms with van der Waals surface area (Å²) >= 11 is 0. The number of ketones is 1. The molecule has 2 N–H and O–H groups in total. The van der Waals surface area contributed by atoms with Gasteiger partial charge in [-0.25, -0.2) is 0 Å². The van der Waals surface area contributed by atoms with Crippen LogP contribution in [0.5, 0.6) is 11.5 Å². The fourth-order valence-electron chi connectivity index (χ4n) is 4.79. The number of amides is 1. The first-order valence-corrected chi connectivity index (χ1v) is 12.4. The van der Waals surface area contributed by atoms with E-state index < -0.39 is 17.7 Å². The Morgan fingerprint density at radius 1 is 0.821 bits per heavy atom. The van der Waals surface area contributed by atoms with Gasteiger partial charge in [0.25, 0.3) is 11.7 Å². The van der Waals surface area contributed by atoms with Crippen molar-refractivity contribution in [1.82, 2.24) is 0 Å². The average molecular weight is 521 g/mol. The van der Waals surface area contributed by atoms with Crippen LogP contribution in [0.1, 0.15) is 22.7 Å². The van der Waals surface area contributed by atoms with Crippen molar-refractivity contribution in [2.45, 2.75) is 13.0 Å². The molecule has 0 radical (unpaired) electrons. The monoisotopic (exact) mass is 520 g/mol. The van der Waals surface area contributed by atoms with Crippen LogP contribution in [0, 0.1) is 6.92 Å². The van der Waals surface area contributed by atoms with Crippen LogP contribution in [0.15, 0.2) is 103 Å². The van der Waals surface area contributed by atoms with E-state index in [4.69, 9.17) is 9.47 Å². The molecule has 196 valence electrons. The molecule has 0 aromatic heterocycles. The van der Waals surface area contributed by atoms with E-state index in [0.717, 1.165) is 16.9 Å². The van der Waals surface area contributed by atoms with E-state index in [1.807, 2.05) is 73.7 Å². The van der Waals surface area contributed by atoms with Gasteiger partial charge in [-0.1, -0.05) is 48.0 Å². The van der Waals surface area contributed by atoms with E-state index in [0.29, 0.717) is 22.7 Å². The minimum Gasteiger partial charge on any atom is -0.507 e. The Morgan fingerprint density at radius 2 is 1.54 bits per heavy atom. The number of hydrogen-bond donors (Lipinski definition) is 2. The lowest BCUT2D eigenvalue weighted by Gasteiger charge is -2.26. The molecule has 5 rings (SSSR count). The highest BCUT2D eigenvalue weighted by molar-refractivity contribution is 6.51. The van der Waals surface area contributed by atoms with Crippen molar-refractivity contribution < 1.29 is 24.2 Å². The first kappa shape index (κ1) is 25.6. The zero-order chi connectivity index (χ0) is 27.5. The van der Waals surface area contributed by atoms with Crippen LogP contribution >= 0.6 is 0 Å². The van der Waals surface area contributed by atoms with Crippen LogP contribution in [0.4, 0.5) is 17.1 Å². The quantitative estimate of drug-likeness (QED) is 0.167. The molecule has 0 bridgehead atoms. The SMILES string of the molecule is COc1ccc(/C(O)=C2/C(=O)C(=O)N(c3ccc(Nc4ccccc4)cc3)C2c2cccc(C)c2)c(OC)c1. The maximum absolute atomic E-state index is 13.5. The first-order valence-electron chi connectivity index (χ1n) is 12.4. The van der Waals surface area contributed by atoms with Gasteiger partial charge in [-0.05, 0) is 61.0 Å². The van der Waals surface area contributed by atoms with Crippen molar-refractivity contribution in [2.75, 3.05) is 24.4 Å². The Balaban J connectivity index is 1.62. The fraction of sp³-hybridized carbons (Fsp3) is 0.125. The highest BCUT2D eigenvalue weighted by Crippen LogP contribution is 2.44. The third kappa shape index (κ3) is 4.94. The van der Waals surface area contributed by atoms with E-state index in [1.54, 1.807) is 30.3 Å². The second kappa shape index (κ2) is 10.8. The molecule has 7 nitrogen and oxygen atoms in total. The number of carbonyl (C=O) groups is 2. The molecule has 1 aliphatic rings. The molecule has 0 saturated carbocycles. The van der Waals surface area contributed by atoms with E-state index in [-0.39, 0.29) is 16.9 Å². The molecule has 1 atom stereocenters. The summed E-state index contributed by atoms with van der Waals surface area (Å²) in [6.45, 7) is 1.94. The van der Waals surface area contributed by atoms with Crippen LogP contribution < -0.4 is 19.7 Å². The summed E-state index contributed by atoms with van der Waals surface area (Å²) in [4.78, 5) is 28.5. The van der Waals surface area contributed by atoms with Gasteiger partial charge in [0, 0.05) is 23.1 Å². The summed E-state index contributed by atoms with van der Waals surface area (Å²) in [5, 5.41) is 14.8. The van der Waals surface area contributed by atoms with Crippen LogP contribution in [-0.4, -0.2) is 31.0 Å². The summed E-state index contributed by atoms with van der Waals surface area (Å²) in [6.07, 6.45) is 0. The lowest BCUT2D eigenvalue weighted by molar-refractivity contribution is -0.132. The number of anilines is 3. The molecule has 0 aliphatic carbocycles. The molecule has 7 heteroatoms. The number of carbonyl (C=O) groups excluding carboxylic acids is 2. The summed E-state index contributed by atoms with van der Waals surface area (Å²) < 4.78 is 10.7. The Labute approximate surface area is 226 Å². The third-order valence-corrected chi connectivity index (χ3v) is 6.67. The maximum atomic E-state index is 13.5. The number of aryl methyl sites for hydroxylation is 1. The van der Waals surface area contributed by atoms with E-state index in [9.17, 15) is 14.7 Å². The predicted octanol–water partition coefficient (Wildman–Crippen LogP) is 6.38. The number of aliphatic hydroxyl groups is 1. The average Bonchev–Trinajstić information content (AvgIpc) is 3.23. The maximum Gasteiger partial charge on any atom is 0.300 e. The number of benzene rings is 4. The highest BCUT2D eigenvalue weighted by atomic mass is 16.5. The summed E-state index contributed by atoms with van der Waals surface area (Å²) in [6, 6.07) is 28.6. The number of hydrogen-bond acceptors (Lipinski definition) is 6. The van der Waals surface area contributed by atoms with Crippen molar-refractivity contribution in [3.8, 4) is 11.5 Å². The van der Waals surface area contributed by atoms with Gasteiger partial charge in [0.2, 0.25) is 0 Å². The summed E-state index contributed by atoms with van der Waals surface area (Å²) in [5.74, 6) is -0.965. The van der Waals surface area contributed by atoms with Crippen LogP contribution in [0.3, 0.4) is 0 Å². The summed E-state index contributed by atoms with van der Waals surface area (Å²) in [7, 11) is 2.99. The largest absolute Gasteiger partial charge is 0.507 e.